The number of alkyl halides is 3. The van der Waals surface area contributed by atoms with Crippen LogP contribution in [0, 0.1) is 0 Å². The van der Waals surface area contributed by atoms with Crippen molar-refractivity contribution in [1.82, 2.24) is 0 Å². The third-order valence-electron chi connectivity index (χ3n) is 3.56. The Hall–Kier alpha value is -1.53. The maximum absolute atomic E-state index is 13.1. The van der Waals surface area contributed by atoms with Crippen LogP contribution >= 0.6 is 11.3 Å². The van der Waals surface area contributed by atoms with Gasteiger partial charge in [-0.1, -0.05) is 12.1 Å². The lowest BCUT2D eigenvalue weighted by molar-refractivity contribution is -0.138. The molecule has 0 radical (unpaired) electrons. The van der Waals surface area contributed by atoms with E-state index in [1.807, 2.05) is 29.3 Å². The number of hydrogen-bond acceptors (Lipinski definition) is 3. The van der Waals surface area contributed by atoms with E-state index in [2.05, 4.69) is 0 Å². The quantitative estimate of drug-likeness (QED) is 0.905. The van der Waals surface area contributed by atoms with E-state index in [9.17, 15) is 13.2 Å². The molecular weight excluding hydrogens is 297 g/mol. The molecule has 0 saturated carbocycles. The van der Waals surface area contributed by atoms with Crippen molar-refractivity contribution in [3.8, 4) is 0 Å². The van der Waals surface area contributed by atoms with Crippen LogP contribution in [0.25, 0.3) is 0 Å². The second-order valence-electron chi connectivity index (χ2n) is 4.85. The summed E-state index contributed by atoms with van der Waals surface area (Å²) in [4.78, 5) is 2.94. The average Bonchev–Trinajstić information content (AvgIpc) is 2.98. The first kappa shape index (κ1) is 15.9. The average molecular weight is 314 g/mol. The largest absolute Gasteiger partial charge is 0.416 e. The molecule has 0 aliphatic rings. The Kier molecular flexibility index (Phi) is 4.58. The van der Waals surface area contributed by atoms with E-state index >= 15 is 0 Å². The first-order valence-electron chi connectivity index (χ1n) is 6.51. The molecule has 0 aliphatic heterocycles. The normalized spacial score (nSPS) is 13.2. The first-order valence-corrected chi connectivity index (χ1v) is 7.39. The van der Waals surface area contributed by atoms with Gasteiger partial charge in [0, 0.05) is 24.2 Å². The predicted octanol–water partition coefficient (Wildman–Crippen LogP) is 4.42. The van der Waals surface area contributed by atoms with Gasteiger partial charge in [-0.05, 0) is 36.1 Å². The number of nitrogens with zero attached hydrogens (tertiary/aromatic N) is 1. The fourth-order valence-corrected chi connectivity index (χ4v) is 3.00. The monoisotopic (exact) mass is 314 g/mol. The highest BCUT2D eigenvalue weighted by Gasteiger charge is 2.33. The van der Waals surface area contributed by atoms with Gasteiger partial charge in [-0.25, -0.2) is 0 Å². The number of nitrogens with two attached hydrogens (primary N) is 1. The molecule has 0 amide bonds. The van der Waals surface area contributed by atoms with Crippen LogP contribution in [-0.4, -0.2) is 7.05 Å². The Morgan fingerprint density at radius 1 is 1.29 bits per heavy atom. The molecule has 0 spiro atoms. The maximum Gasteiger partial charge on any atom is 0.416 e. The number of hydrogen-bond donors (Lipinski definition) is 1. The van der Waals surface area contributed by atoms with Gasteiger partial charge in [-0.3, -0.25) is 0 Å². The minimum Gasteiger partial charge on any atom is -0.367 e. The van der Waals surface area contributed by atoms with Crippen LogP contribution in [0.3, 0.4) is 0 Å². The SMILES string of the molecule is CC(c1cccs1)N(C)c1ccc(CN)c(C(F)(F)F)c1. The summed E-state index contributed by atoms with van der Waals surface area (Å²) in [7, 11) is 1.79. The molecule has 1 heterocycles. The summed E-state index contributed by atoms with van der Waals surface area (Å²) < 4.78 is 39.2. The van der Waals surface area contributed by atoms with Crippen molar-refractivity contribution >= 4 is 17.0 Å². The Labute approximate surface area is 126 Å². The van der Waals surface area contributed by atoms with E-state index in [1.165, 1.54) is 12.1 Å². The second kappa shape index (κ2) is 6.07. The fourth-order valence-electron chi connectivity index (χ4n) is 2.17. The lowest BCUT2D eigenvalue weighted by atomic mass is 10.0. The van der Waals surface area contributed by atoms with Crippen molar-refractivity contribution in [3.05, 3.63) is 51.7 Å². The Balaban J connectivity index is 2.36. The van der Waals surface area contributed by atoms with Crippen LogP contribution < -0.4 is 10.6 Å². The molecule has 0 fully saturated rings. The zero-order valence-corrected chi connectivity index (χ0v) is 12.6. The van der Waals surface area contributed by atoms with E-state index in [0.29, 0.717) is 5.69 Å². The van der Waals surface area contributed by atoms with E-state index in [1.54, 1.807) is 24.5 Å². The fraction of sp³-hybridized carbons (Fsp3) is 0.333. The standard InChI is InChI=1S/C15H17F3N2S/c1-10(14-4-3-7-21-14)20(2)12-6-5-11(9-19)13(8-12)15(16,17)18/h3-8,10H,9,19H2,1-2H3. The van der Waals surface area contributed by atoms with E-state index < -0.39 is 11.7 Å². The Morgan fingerprint density at radius 2 is 2.00 bits per heavy atom. The molecule has 6 heteroatoms. The van der Waals surface area contributed by atoms with Gasteiger partial charge in [0.1, 0.15) is 0 Å². The van der Waals surface area contributed by atoms with Crippen LogP contribution in [0.2, 0.25) is 0 Å². The van der Waals surface area contributed by atoms with Crippen LogP contribution in [0.15, 0.2) is 35.7 Å². The van der Waals surface area contributed by atoms with Crippen molar-refractivity contribution in [2.24, 2.45) is 5.73 Å². The Bertz CT molecular complexity index is 593. The van der Waals surface area contributed by atoms with Gasteiger partial charge >= 0.3 is 6.18 Å². The zero-order valence-electron chi connectivity index (χ0n) is 11.8. The van der Waals surface area contributed by atoms with Gasteiger partial charge in [0.2, 0.25) is 0 Å². The molecule has 21 heavy (non-hydrogen) atoms. The second-order valence-corrected chi connectivity index (χ2v) is 5.82. The number of anilines is 1. The smallest absolute Gasteiger partial charge is 0.367 e. The molecule has 1 unspecified atom stereocenters. The van der Waals surface area contributed by atoms with Gasteiger partial charge < -0.3 is 10.6 Å². The van der Waals surface area contributed by atoms with Crippen LogP contribution in [0.5, 0.6) is 0 Å². The van der Waals surface area contributed by atoms with Gasteiger partial charge in [0.25, 0.3) is 0 Å². The first-order chi connectivity index (χ1) is 9.84. The third-order valence-corrected chi connectivity index (χ3v) is 4.60. The molecule has 2 N–H and O–H groups in total. The highest BCUT2D eigenvalue weighted by molar-refractivity contribution is 7.10. The van der Waals surface area contributed by atoms with E-state index in [0.717, 1.165) is 4.88 Å². The summed E-state index contributed by atoms with van der Waals surface area (Å²) >= 11 is 1.59. The predicted molar refractivity (Wildman–Crippen MR) is 80.5 cm³/mol. The van der Waals surface area contributed by atoms with E-state index in [-0.39, 0.29) is 18.2 Å². The topological polar surface area (TPSA) is 29.3 Å². The summed E-state index contributed by atoms with van der Waals surface area (Å²) in [5, 5.41) is 1.96. The highest BCUT2D eigenvalue weighted by Crippen LogP contribution is 2.36. The molecule has 0 bridgehead atoms. The van der Waals surface area contributed by atoms with E-state index in [4.69, 9.17) is 5.73 Å². The lowest BCUT2D eigenvalue weighted by Crippen LogP contribution is -2.22. The summed E-state index contributed by atoms with van der Waals surface area (Å²) in [6.07, 6.45) is -4.39. The zero-order chi connectivity index (χ0) is 15.6. The number of thiophene rings is 1. The van der Waals surface area contributed by atoms with Crippen LogP contribution in [0.1, 0.15) is 29.0 Å². The summed E-state index contributed by atoms with van der Waals surface area (Å²) in [6, 6.07) is 8.23. The molecular formula is C15H17F3N2S. The minimum atomic E-state index is -4.39. The molecule has 2 nitrogen and oxygen atoms in total. The third kappa shape index (κ3) is 3.39. The molecule has 0 aliphatic carbocycles. The van der Waals surface area contributed by atoms with Crippen molar-refractivity contribution < 1.29 is 13.2 Å². The van der Waals surface area contributed by atoms with Crippen molar-refractivity contribution in [2.45, 2.75) is 25.7 Å². The van der Waals surface area contributed by atoms with Crippen molar-refractivity contribution in [3.63, 3.8) is 0 Å². The molecule has 1 aromatic carbocycles. The molecule has 0 saturated heterocycles. The van der Waals surface area contributed by atoms with Crippen molar-refractivity contribution in [1.29, 1.82) is 0 Å². The maximum atomic E-state index is 13.1. The Morgan fingerprint density at radius 3 is 2.52 bits per heavy atom. The molecule has 1 atom stereocenters. The summed E-state index contributed by atoms with van der Waals surface area (Å²) in [5.74, 6) is 0. The number of benzene rings is 1. The minimum absolute atomic E-state index is 0.00908. The number of halogens is 3. The van der Waals surface area contributed by atoms with Crippen molar-refractivity contribution in [2.75, 3.05) is 11.9 Å². The number of rotatable bonds is 4. The van der Waals surface area contributed by atoms with Crippen LogP contribution in [0.4, 0.5) is 18.9 Å². The lowest BCUT2D eigenvalue weighted by Gasteiger charge is -2.27. The van der Waals surface area contributed by atoms with Gasteiger partial charge in [0.15, 0.2) is 0 Å². The van der Waals surface area contributed by atoms with Gasteiger partial charge in [0.05, 0.1) is 11.6 Å². The molecule has 114 valence electrons. The van der Waals surface area contributed by atoms with Gasteiger partial charge in [-0.15, -0.1) is 11.3 Å². The molecule has 1 aromatic heterocycles. The summed E-state index contributed by atoms with van der Waals surface area (Å²) in [6.45, 7) is 1.84. The highest BCUT2D eigenvalue weighted by atomic mass is 32.1. The summed E-state index contributed by atoms with van der Waals surface area (Å²) in [5.41, 5.74) is 5.38. The van der Waals surface area contributed by atoms with Crippen LogP contribution in [-0.2, 0) is 12.7 Å². The van der Waals surface area contributed by atoms with Gasteiger partial charge in [-0.2, -0.15) is 13.2 Å². The molecule has 2 rings (SSSR count). The molecule has 2 aromatic rings.